The number of carbonyl (C=O) groups excluding carboxylic acids is 1. The number of aromatic nitrogens is 2. The van der Waals surface area contributed by atoms with Crippen molar-refractivity contribution in [3.63, 3.8) is 0 Å². The van der Waals surface area contributed by atoms with Crippen LogP contribution in [0.5, 0.6) is 5.75 Å². The number of fused-ring (bicyclic) bond motifs is 3. The topological polar surface area (TPSA) is 73.2 Å². The van der Waals surface area contributed by atoms with Gasteiger partial charge in [0.15, 0.2) is 5.16 Å². The molecule has 5 rings (SSSR count). The summed E-state index contributed by atoms with van der Waals surface area (Å²) in [7, 11) is 1.58. The van der Waals surface area contributed by atoms with E-state index in [4.69, 9.17) is 9.72 Å². The number of hydrogen-bond acceptors (Lipinski definition) is 6. The Morgan fingerprint density at radius 1 is 1.20 bits per heavy atom. The quantitative estimate of drug-likeness (QED) is 0.223. The summed E-state index contributed by atoms with van der Waals surface area (Å²) in [5.74, 6) is 0.516. The molecule has 0 saturated carbocycles. The van der Waals surface area contributed by atoms with E-state index in [0.29, 0.717) is 16.6 Å². The van der Waals surface area contributed by atoms with Gasteiger partial charge in [-0.25, -0.2) is 4.98 Å². The van der Waals surface area contributed by atoms with Gasteiger partial charge in [-0.2, -0.15) is 0 Å². The molecule has 0 unspecified atom stereocenters. The van der Waals surface area contributed by atoms with Crippen LogP contribution in [-0.4, -0.2) is 28.3 Å². The van der Waals surface area contributed by atoms with Gasteiger partial charge in [0, 0.05) is 9.35 Å². The van der Waals surface area contributed by atoms with Crippen LogP contribution in [0.2, 0.25) is 0 Å². The normalized spacial score (nSPS) is 13.0. The van der Waals surface area contributed by atoms with E-state index in [2.05, 4.69) is 21.2 Å². The molecule has 9 heteroatoms. The number of amides is 1. The van der Waals surface area contributed by atoms with Gasteiger partial charge in [0.1, 0.15) is 10.6 Å². The molecule has 0 aliphatic heterocycles. The summed E-state index contributed by atoms with van der Waals surface area (Å²) in [6.45, 7) is 1.96. The second kappa shape index (κ2) is 10.2. The van der Waals surface area contributed by atoms with Gasteiger partial charge >= 0.3 is 0 Å². The minimum absolute atomic E-state index is 0.0695. The van der Waals surface area contributed by atoms with Gasteiger partial charge in [-0.15, -0.1) is 11.3 Å². The molecular formula is C26H24BrN3O3S2. The molecule has 0 spiro atoms. The van der Waals surface area contributed by atoms with E-state index in [1.807, 2.05) is 49.4 Å². The fourth-order valence-electron chi connectivity index (χ4n) is 4.34. The lowest BCUT2D eigenvalue weighted by atomic mass is 9.97. The van der Waals surface area contributed by atoms with Gasteiger partial charge in [0.2, 0.25) is 5.91 Å². The smallest absolute Gasteiger partial charge is 0.267 e. The predicted octanol–water partition coefficient (Wildman–Crippen LogP) is 6.14. The van der Waals surface area contributed by atoms with Crippen LogP contribution in [0.4, 0.5) is 5.69 Å². The van der Waals surface area contributed by atoms with Crippen molar-refractivity contribution in [2.75, 3.05) is 18.2 Å². The number of halogens is 1. The number of thiophene rings is 1. The van der Waals surface area contributed by atoms with Crippen molar-refractivity contribution in [2.24, 2.45) is 0 Å². The Bertz CT molecular complexity index is 1480. The van der Waals surface area contributed by atoms with Crippen LogP contribution in [0.3, 0.4) is 0 Å². The van der Waals surface area contributed by atoms with E-state index in [-0.39, 0.29) is 17.2 Å². The monoisotopic (exact) mass is 569 g/mol. The molecule has 35 heavy (non-hydrogen) atoms. The molecule has 0 atom stereocenters. The number of methoxy groups -OCH3 is 1. The lowest BCUT2D eigenvalue weighted by molar-refractivity contribution is -0.113. The van der Waals surface area contributed by atoms with E-state index in [1.165, 1.54) is 16.6 Å². The fraction of sp³-hybridized carbons (Fsp3) is 0.269. The maximum atomic E-state index is 13.8. The highest BCUT2D eigenvalue weighted by atomic mass is 79.9. The van der Waals surface area contributed by atoms with Crippen LogP contribution in [0.1, 0.15) is 28.8 Å². The summed E-state index contributed by atoms with van der Waals surface area (Å²) in [6.07, 6.45) is 4.15. The molecule has 0 radical (unpaired) electrons. The zero-order chi connectivity index (χ0) is 24.5. The van der Waals surface area contributed by atoms with Gasteiger partial charge in [-0.3, -0.25) is 14.2 Å². The van der Waals surface area contributed by atoms with E-state index < -0.39 is 0 Å². The number of carbonyl (C=O) groups is 1. The van der Waals surface area contributed by atoms with Crippen LogP contribution in [0.25, 0.3) is 15.9 Å². The van der Waals surface area contributed by atoms with Crippen LogP contribution in [0.15, 0.2) is 56.9 Å². The number of nitrogens with one attached hydrogen (secondary N) is 1. The van der Waals surface area contributed by atoms with E-state index in [9.17, 15) is 9.59 Å². The Labute approximate surface area is 219 Å². The first-order valence-electron chi connectivity index (χ1n) is 11.3. The first-order chi connectivity index (χ1) is 16.9. The predicted molar refractivity (Wildman–Crippen MR) is 147 cm³/mol. The maximum absolute atomic E-state index is 13.8. The number of benzene rings is 2. The van der Waals surface area contributed by atoms with Crippen molar-refractivity contribution in [2.45, 2.75) is 37.8 Å². The molecule has 180 valence electrons. The highest BCUT2D eigenvalue weighted by molar-refractivity contribution is 9.10. The molecular weight excluding hydrogens is 546 g/mol. The summed E-state index contributed by atoms with van der Waals surface area (Å²) < 4.78 is 7.94. The summed E-state index contributed by atoms with van der Waals surface area (Å²) >= 11 is 6.34. The number of rotatable bonds is 6. The average molecular weight is 571 g/mol. The molecule has 2 aromatic carbocycles. The van der Waals surface area contributed by atoms with E-state index in [0.717, 1.165) is 57.2 Å². The first-order valence-corrected chi connectivity index (χ1v) is 13.9. The Hall–Kier alpha value is -2.62. The Balaban J connectivity index is 1.51. The largest absolute Gasteiger partial charge is 0.495 e. The molecule has 1 N–H and O–H groups in total. The number of thioether (sulfide) groups is 1. The minimum atomic E-state index is -0.193. The standard InChI is InChI=1S/C26H24BrN3O3S2/c1-15-7-12-20(33-2)19(13-15)28-22(31)14-34-26-29-24-23(18-5-3-4-6-21(18)35-24)25(32)30(26)17-10-8-16(27)9-11-17/h7-13H,3-6,14H2,1-2H3,(H,28,31). The Morgan fingerprint density at radius 2 is 1.97 bits per heavy atom. The van der Waals surface area contributed by atoms with E-state index in [1.54, 1.807) is 23.0 Å². The van der Waals surface area contributed by atoms with Crippen LogP contribution in [-0.2, 0) is 17.6 Å². The highest BCUT2D eigenvalue weighted by Gasteiger charge is 2.23. The third-order valence-electron chi connectivity index (χ3n) is 6.00. The number of hydrogen-bond donors (Lipinski definition) is 1. The van der Waals surface area contributed by atoms with Gasteiger partial charge < -0.3 is 10.1 Å². The number of aryl methyl sites for hydroxylation is 3. The van der Waals surface area contributed by atoms with Gasteiger partial charge in [-0.1, -0.05) is 33.8 Å². The maximum Gasteiger partial charge on any atom is 0.267 e. The summed E-state index contributed by atoms with van der Waals surface area (Å²) in [4.78, 5) is 33.6. The van der Waals surface area contributed by atoms with Crippen molar-refractivity contribution in [1.82, 2.24) is 9.55 Å². The van der Waals surface area contributed by atoms with Gasteiger partial charge in [-0.05, 0) is 80.1 Å². The number of anilines is 1. The minimum Gasteiger partial charge on any atom is -0.495 e. The third kappa shape index (κ3) is 4.90. The highest BCUT2D eigenvalue weighted by Crippen LogP contribution is 2.35. The molecule has 1 amide bonds. The summed E-state index contributed by atoms with van der Waals surface area (Å²) in [5, 5.41) is 4.16. The molecule has 0 saturated heterocycles. The van der Waals surface area contributed by atoms with Crippen molar-refractivity contribution in [1.29, 1.82) is 0 Å². The molecule has 0 fully saturated rings. The molecule has 2 heterocycles. The number of ether oxygens (including phenoxy) is 1. The zero-order valence-corrected chi connectivity index (χ0v) is 22.6. The first kappa shape index (κ1) is 24.1. The van der Waals surface area contributed by atoms with Crippen molar-refractivity contribution >= 4 is 60.8 Å². The Morgan fingerprint density at radius 3 is 2.74 bits per heavy atom. The van der Waals surface area contributed by atoms with Gasteiger partial charge in [0.05, 0.1) is 29.6 Å². The zero-order valence-electron chi connectivity index (χ0n) is 19.4. The molecule has 2 aromatic heterocycles. The fourth-order valence-corrected chi connectivity index (χ4v) is 6.72. The molecule has 4 aromatic rings. The lowest BCUT2D eigenvalue weighted by Crippen LogP contribution is -2.23. The SMILES string of the molecule is COc1ccc(C)cc1NC(=O)CSc1nc2sc3c(c2c(=O)n1-c1ccc(Br)cc1)CCCC3. The lowest BCUT2D eigenvalue weighted by Gasteiger charge is -2.14. The summed E-state index contributed by atoms with van der Waals surface area (Å²) in [6, 6.07) is 13.2. The molecule has 1 aliphatic rings. The van der Waals surface area contributed by atoms with E-state index >= 15 is 0 Å². The third-order valence-corrected chi connectivity index (χ3v) is 8.66. The average Bonchev–Trinajstić information content (AvgIpc) is 3.22. The van der Waals surface area contributed by atoms with Gasteiger partial charge in [0.25, 0.3) is 5.56 Å². The van der Waals surface area contributed by atoms with Crippen LogP contribution < -0.4 is 15.6 Å². The second-order valence-electron chi connectivity index (χ2n) is 8.44. The molecule has 6 nitrogen and oxygen atoms in total. The Kier molecular flexibility index (Phi) is 7.00. The van der Waals surface area contributed by atoms with Crippen molar-refractivity contribution < 1.29 is 9.53 Å². The van der Waals surface area contributed by atoms with Crippen LogP contribution in [0, 0.1) is 6.92 Å². The molecule has 0 bridgehead atoms. The summed E-state index contributed by atoms with van der Waals surface area (Å²) in [5.41, 5.74) is 3.46. The van der Waals surface area contributed by atoms with Crippen molar-refractivity contribution in [3.8, 4) is 11.4 Å². The number of nitrogens with zero attached hydrogens (tertiary/aromatic N) is 2. The van der Waals surface area contributed by atoms with Crippen molar-refractivity contribution in [3.05, 3.63) is 73.3 Å². The second-order valence-corrected chi connectivity index (χ2v) is 11.4. The molecule has 1 aliphatic carbocycles. The van der Waals surface area contributed by atoms with Crippen LogP contribution >= 0.6 is 39.0 Å².